The number of aliphatic hydroxyl groups is 1. The van der Waals surface area contributed by atoms with E-state index in [9.17, 15) is 18.3 Å². The lowest BCUT2D eigenvalue weighted by Crippen LogP contribution is -2.85. The van der Waals surface area contributed by atoms with Crippen LogP contribution in [0.2, 0.25) is 0 Å². The maximum Gasteiger partial charge on any atom is 0.219 e. The van der Waals surface area contributed by atoms with Gasteiger partial charge in [0.25, 0.3) is 0 Å². The molecule has 1 aromatic carbocycles. The fourth-order valence-corrected chi connectivity index (χ4v) is 6.06. The van der Waals surface area contributed by atoms with Crippen LogP contribution in [0.3, 0.4) is 0 Å². The molecule has 2 saturated heterocycles. The molecule has 0 unspecified atom stereocenters. The minimum absolute atomic E-state index is 0.0156. The highest BCUT2D eigenvalue weighted by atomic mass is 32.2. The summed E-state index contributed by atoms with van der Waals surface area (Å²) in [6.45, 7) is 5.57. The van der Waals surface area contributed by atoms with Crippen LogP contribution in [0.1, 0.15) is 37.8 Å². The van der Waals surface area contributed by atoms with Gasteiger partial charge in [0.15, 0.2) is 0 Å². The lowest BCUT2D eigenvalue weighted by molar-refractivity contribution is -0.165. The number of carbonyl (C=O) groups is 1. The molecule has 0 aliphatic carbocycles. The smallest absolute Gasteiger partial charge is 0.219 e. The van der Waals surface area contributed by atoms with Gasteiger partial charge in [-0.3, -0.25) is 4.79 Å². The first-order valence-corrected chi connectivity index (χ1v) is 10.5. The van der Waals surface area contributed by atoms with Gasteiger partial charge in [-0.25, -0.2) is 8.42 Å². The third-order valence-corrected chi connectivity index (χ3v) is 7.55. The van der Waals surface area contributed by atoms with Crippen molar-refractivity contribution in [1.29, 1.82) is 0 Å². The van der Waals surface area contributed by atoms with Crippen molar-refractivity contribution in [3.8, 4) is 0 Å². The topological polar surface area (TPSA) is 77.9 Å². The second-order valence-electron chi connectivity index (χ2n) is 7.07. The summed E-state index contributed by atoms with van der Waals surface area (Å²) in [5.41, 5.74) is 1.43. The predicted octanol–water partition coefficient (Wildman–Crippen LogP) is 1.43. The quantitative estimate of drug-likeness (QED) is 0.841. The molecule has 6 nitrogen and oxygen atoms in total. The Morgan fingerprint density at radius 2 is 1.92 bits per heavy atom. The third kappa shape index (κ3) is 2.78. The van der Waals surface area contributed by atoms with Crippen LogP contribution in [0.4, 0.5) is 0 Å². The van der Waals surface area contributed by atoms with Gasteiger partial charge in [-0.1, -0.05) is 36.4 Å². The lowest BCUT2D eigenvalue weighted by atomic mass is 9.63. The van der Waals surface area contributed by atoms with E-state index in [2.05, 4.69) is 0 Å². The monoisotopic (exact) mass is 378 g/mol. The van der Waals surface area contributed by atoms with Crippen LogP contribution in [0.5, 0.6) is 0 Å². The number of carbonyl (C=O) groups excluding carboxylic acids is 1. The van der Waals surface area contributed by atoms with Gasteiger partial charge < -0.3 is 10.0 Å². The molecular formula is C19H26N2O4S. The first-order valence-electron chi connectivity index (χ1n) is 8.92. The summed E-state index contributed by atoms with van der Waals surface area (Å²) in [4.78, 5) is 13.4. The van der Waals surface area contributed by atoms with Gasteiger partial charge in [0.05, 0.1) is 23.9 Å². The van der Waals surface area contributed by atoms with E-state index in [-0.39, 0.29) is 24.2 Å². The Morgan fingerprint density at radius 3 is 2.38 bits per heavy atom. The van der Waals surface area contributed by atoms with E-state index < -0.39 is 21.6 Å². The number of hydrogen-bond donors (Lipinski definition) is 1. The minimum Gasteiger partial charge on any atom is -0.395 e. The van der Waals surface area contributed by atoms with Crippen molar-refractivity contribution in [2.24, 2.45) is 0 Å². The van der Waals surface area contributed by atoms with Crippen molar-refractivity contribution in [1.82, 2.24) is 9.21 Å². The highest BCUT2D eigenvalue weighted by Gasteiger charge is 2.69. The first-order chi connectivity index (χ1) is 12.3. The van der Waals surface area contributed by atoms with E-state index in [0.717, 1.165) is 11.1 Å². The van der Waals surface area contributed by atoms with Crippen molar-refractivity contribution in [3.63, 3.8) is 0 Å². The van der Waals surface area contributed by atoms with Crippen LogP contribution < -0.4 is 0 Å². The number of aliphatic hydroxyl groups excluding tert-OH is 1. The summed E-state index contributed by atoms with van der Waals surface area (Å²) in [7, 11) is -3.47. The van der Waals surface area contributed by atoms with Crippen LogP contribution in [0.25, 0.3) is 6.08 Å². The Morgan fingerprint density at radius 1 is 1.31 bits per heavy atom. The van der Waals surface area contributed by atoms with Gasteiger partial charge in [-0.15, -0.1) is 0 Å². The van der Waals surface area contributed by atoms with Gasteiger partial charge in [0, 0.05) is 25.9 Å². The molecule has 0 bridgehead atoms. The maximum atomic E-state index is 12.7. The molecule has 3 rings (SSSR count). The summed E-state index contributed by atoms with van der Waals surface area (Å²) in [6, 6.07) is 7.50. The van der Waals surface area contributed by atoms with Crippen molar-refractivity contribution in [2.75, 3.05) is 25.4 Å². The van der Waals surface area contributed by atoms with Crippen LogP contribution in [-0.4, -0.2) is 65.7 Å². The van der Waals surface area contributed by atoms with Gasteiger partial charge in [0.2, 0.25) is 15.9 Å². The molecule has 1 spiro atoms. The molecule has 1 amide bonds. The van der Waals surface area contributed by atoms with Crippen LogP contribution in [-0.2, 0) is 14.8 Å². The SMILES string of the molecule is CC=Cc1ccc([C@@H]2[C@H](CO)N(S(=O)(=O)CC)C23CN(C(C)=O)C3)cc1. The molecule has 2 aliphatic heterocycles. The summed E-state index contributed by atoms with van der Waals surface area (Å²) in [5, 5.41) is 9.91. The molecule has 2 fully saturated rings. The molecule has 26 heavy (non-hydrogen) atoms. The molecule has 142 valence electrons. The second-order valence-corrected chi connectivity index (χ2v) is 9.20. The molecule has 0 saturated carbocycles. The number of benzene rings is 1. The summed E-state index contributed by atoms with van der Waals surface area (Å²) in [5.74, 6) is -0.193. The summed E-state index contributed by atoms with van der Waals surface area (Å²) in [6.07, 6.45) is 3.96. The normalized spacial score (nSPS) is 25.3. The van der Waals surface area contributed by atoms with Crippen molar-refractivity contribution >= 4 is 22.0 Å². The molecule has 0 radical (unpaired) electrons. The zero-order valence-corrected chi connectivity index (χ0v) is 16.2. The van der Waals surface area contributed by atoms with Gasteiger partial charge in [-0.05, 0) is 25.0 Å². The van der Waals surface area contributed by atoms with Crippen LogP contribution in [0, 0.1) is 0 Å². The standard InChI is InChI=1S/C19H26N2O4S/c1-4-6-15-7-9-16(10-8-15)18-17(11-22)21(26(24,25)5-2)19(18)12-20(13-19)14(3)23/h4,6-10,17-18,22H,5,11-13H2,1-3H3/t17-,18+/m0/s1. The van der Waals surface area contributed by atoms with E-state index in [1.54, 1.807) is 11.8 Å². The van der Waals surface area contributed by atoms with Crippen molar-refractivity contribution in [2.45, 2.75) is 38.3 Å². The van der Waals surface area contributed by atoms with Gasteiger partial charge in [-0.2, -0.15) is 4.31 Å². The second kappa shape index (κ2) is 6.79. The minimum atomic E-state index is -3.47. The fraction of sp³-hybridized carbons (Fsp3) is 0.526. The highest BCUT2D eigenvalue weighted by Crippen LogP contribution is 2.55. The van der Waals surface area contributed by atoms with Crippen molar-refractivity contribution in [3.05, 3.63) is 41.5 Å². The third-order valence-electron chi connectivity index (χ3n) is 5.58. The maximum absolute atomic E-state index is 12.7. The number of amides is 1. The van der Waals surface area contributed by atoms with Crippen molar-refractivity contribution < 1.29 is 18.3 Å². The fourth-order valence-electron chi connectivity index (χ4n) is 4.39. The molecular weight excluding hydrogens is 352 g/mol. The van der Waals surface area contributed by atoms with E-state index in [1.807, 2.05) is 43.3 Å². The Hall–Kier alpha value is -1.70. The summed E-state index contributed by atoms with van der Waals surface area (Å²) >= 11 is 0. The molecule has 0 aromatic heterocycles. The van der Waals surface area contributed by atoms with E-state index in [1.165, 1.54) is 11.2 Å². The number of nitrogens with zero attached hydrogens (tertiary/aromatic N) is 2. The molecule has 7 heteroatoms. The number of rotatable bonds is 5. The first kappa shape index (κ1) is 19.1. The van der Waals surface area contributed by atoms with E-state index >= 15 is 0 Å². The highest BCUT2D eigenvalue weighted by molar-refractivity contribution is 7.89. The van der Waals surface area contributed by atoms with E-state index in [0.29, 0.717) is 13.1 Å². The number of hydrogen-bond acceptors (Lipinski definition) is 4. The number of likely N-dealkylation sites (tertiary alicyclic amines) is 1. The lowest BCUT2D eigenvalue weighted by Gasteiger charge is -2.69. The molecule has 1 N–H and O–H groups in total. The number of allylic oxidation sites excluding steroid dienone is 1. The molecule has 2 atom stereocenters. The van der Waals surface area contributed by atoms with Crippen LogP contribution >= 0.6 is 0 Å². The van der Waals surface area contributed by atoms with Gasteiger partial charge >= 0.3 is 0 Å². The average molecular weight is 378 g/mol. The molecule has 1 aromatic rings. The Kier molecular flexibility index (Phi) is 4.98. The zero-order valence-electron chi connectivity index (χ0n) is 15.4. The molecule has 2 aliphatic rings. The average Bonchev–Trinajstić information content (AvgIpc) is 2.54. The van der Waals surface area contributed by atoms with Gasteiger partial charge in [0.1, 0.15) is 0 Å². The summed E-state index contributed by atoms with van der Waals surface area (Å²) < 4.78 is 26.8. The Bertz CT molecular complexity index is 810. The Labute approximate surface area is 155 Å². The zero-order chi connectivity index (χ0) is 19.1. The largest absolute Gasteiger partial charge is 0.395 e. The van der Waals surface area contributed by atoms with Crippen LogP contribution in [0.15, 0.2) is 30.3 Å². The van der Waals surface area contributed by atoms with E-state index in [4.69, 9.17) is 0 Å². The number of sulfonamides is 1. The predicted molar refractivity (Wildman–Crippen MR) is 101 cm³/mol. The Balaban J connectivity index is 1.98. The molecule has 2 heterocycles.